The average Bonchev–Trinajstić information content (AvgIpc) is 3.10. The lowest BCUT2D eigenvalue weighted by molar-refractivity contribution is -0.309. The second-order valence-electron chi connectivity index (χ2n) is 13.5. The molecule has 4 aliphatic carbocycles. The summed E-state index contributed by atoms with van der Waals surface area (Å²) < 4.78 is 86.9. The summed E-state index contributed by atoms with van der Waals surface area (Å²) in [5.41, 5.74) is 5.32. The van der Waals surface area contributed by atoms with Crippen LogP contribution >= 0.6 is 0 Å². The highest BCUT2D eigenvalue weighted by Gasteiger charge is 2.67. The number of carboxylic acid groups (broad SMARTS) is 1. The monoisotopic (exact) mass is 684 g/mol. The molecule has 1 saturated heterocycles. The van der Waals surface area contributed by atoms with Gasteiger partial charge >= 0.3 is 26.8 Å². The van der Waals surface area contributed by atoms with Crippen LogP contribution in [0.25, 0.3) is 0 Å². The van der Waals surface area contributed by atoms with Crippen molar-refractivity contribution in [1.29, 1.82) is 0 Å². The van der Waals surface area contributed by atoms with Crippen molar-refractivity contribution in [2.24, 2.45) is 40.2 Å². The third-order valence-electron chi connectivity index (χ3n) is 11.2. The number of fused-ring (bicyclic) bond motifs is 3. The van der Waals surface area contributed by atoms with Gasteiger partial charge in [0.2, 0.25) is 0 Å². The molecule has 4 saturated carbocycles. The van der Waals surface area contributed by atoms with Crippen LogP contribution in [0.2, 0.25) is 0 Å². The Kier molecular flexibility index (Phi) is 9.83. The number of aliphatic hydroxyl groups is 2. The van der Waals surface area contributed by atoms with Gasteiger partial charge in [-0.25, -0.2) is 8.37 Å². The van der Waals surface area contributed by atoms with Crippen LogP contribution in [0.15, 0.2) is 12.2 Å². The Morgan fingerprint density at radius 2 is 1.76 bits per heavy atom. The van der Waals surface area contributed by atoms with Crippen LogP contribution in [-0.4, -0.2) is 110 Å². The van der Waals surface area contributed by atoms with Gasteiger partial charge in [0.1, 0.15) is 24.4 Å². The number of hydrogen-bond donors (Lipinski definition) is 7. The predicted molar refractivity (Wildman–Crippen MR) is 154 cm³/mol. The minimum atomic E-state index is -5.30. The molecule has 0 radical (unpaired) electrons. The number of nitrogens with two attached hydrogens (primary N) is 1. The topological polar surface area (TPSA) is 261 Å². The third-order valence-corrected chi connectivity index (χ3v) is 12.1. The summed E-state index contributed by atoms with van der Waals surface area (Å²) >= 11 is 0. The van der Waals surface area contributed by atoms with E-state index in [9.17, 15) is 46.1 Å². The fourth-order valence-corrected chi connectivity index (χ4v) is 10.6. The zero-order valence-corrected chi connectivity index (χ0v) is 26.6. The van der Waals surface area contributed by atoms with Crippen molar-refractivity contribution < 1.29 is 63.9 Å². The number of rotatable bonds is 11. The first kappa shape index (κ1) is 35.0. The Morgan fingerprint density at radius 3 is 2.38 bits per heavy atom. The van der Waals surface area contributed by atoms with Crippen LogP contribution < -0.4 is 11.1 Å². The summed E-state index contributed by atoms with van der Waals surface area (Å²) in [6.07, 6.45) is -6.72. The van der Waals surface area contributed by atoms with Crippen molar-refractivity contribution in [3.05, 3.63) is 12.2 Å². The lowest BCUT2D eigenvalue weighted by atomic mass is 9.43. The smallest absolute Gasteiger partial charge is 0.397 e. The molecule has 1 aliphatic heterocycles. The highest BCUT2D eigenvalue weighted by atomic mass is 32.3. The molecule has 0 aromatic heterocycles. The van der Waals surface area contributed by atoms with Crippen LogP contribution in [0.1, 0.15) is 51.9 Å². The Hall–Kier alpha value is -1.29. The molecule has 45 heavy (non-hydrogen) atoms. The van der Waals surface area contributed by atoms with Gasteiger partial charge in [-0.05, 0) is 73.7 Å². The first-order valence-electron chi connectivity index (χ1n) is 15.2. The molecule has 8 N–H and O–H groups in total. The second kappa shape index (κ2) is 12.6. The SMILES string of the molecule is C=C1C2CCC3C4(C)CC(OC5O[C@H](CNCCN)[C@@H](OS(=O)(=O)O)C(OS(=O)(=O)O)C5O)CC(C(=O)O)C4CCC3(C2)[C@H]1O. The number of aliphatic hydroxyl groups excluding tert-OH is 2. The number of carbonyl (C=O) groups is 1. The van der Waals surface area contributed by atoms with E-state index in [0.29, 0.717) is 19.3 Å². The molecule has 5 fully saturated rings. The Morgan fingerprint density at radius 1 is 1.09 bits per heavy atom. The van der Waals surface area contributed by atoms with Crippen LogP contribution in [0, 0.1) is 34.5 Å². The molecule has 258 valence electrons. The first-order chi connectivity index (χ1) is 20.9. The Labute approximate surface area is 262 Å². The number of carboxylic acids is 1. The van der Waals surface area contributed by atoms with Gasteiger partial charge in [-0.3, -0.25) is 13.9 Å². The maximum Gasteiger partial charge on any atom is 0.397 e. The molecule has 5 aliphatic rings. The lowest BCUT2D eigenvalue weighted by Gasteiger charge is -2.62. The van der Waals surface area contributed by atoms with E-state index in [1.807, 2.05) is 6.92 Å². The van der Waals surface area contributed by atoms with Gasteiger partial charge in [-0.1, -0.05) is 13.5 Å². The van der Waals surface area contributed by atoms with Gasteiger partial charge in [0.15, 0.2) is 6.29 Å². The molecule has 5 rings (SSSR count). The highest BCUT2D eigenvalue weighted by molar-refractivity contribution is 7.81. The van der Waals surface area contributed by atoms with Gasteiger partial charge in [0.05, 0.1) is 18.1 Å². The van der Waals surface area contributed by atoms with E-state index in [2.05, 4.69) is 20.3 Å². The molecule has 10 unspecified atom stereocenters. The standard InChI is InChI=1S/C27H44N2O14S2/c1-13-14-3-4-19-26(2)11-15(9-16(24(32)33)17(26)5-6-27(19,10-14)23(13)31)40-25-20(30)22(43-45(37,38)39)21(42-44(34,35)36)18(41-25)12-29-8-7-28/h14-23,25,29-31H,1,3-12,28H2,2H3,(H,32,33)(H,34,35,36)(H,37,38,39)/t14?,15?,16?,17?,18-,19?,20?,21-,22?,23+,25?,26?,27?/m1/s1. The van der Waals surface area contributed by atoms with Crippen LogP contribution in [0.3, 0.4) is 0 Å². The summed E-state index contributed by atoms with van der Waals surface area (Å²) in [5, 5.41) is 35.7. The fourth-order valence-electron chi connectivity index (χ4n) is 9.55. The predicted octanol–water partition coefficient (Wildman–Crippen LogP) is -0.374. The van der Waals surface area contributed by atoms with Crippen molar-refractivity contribution in [3.63, 3.8) is 0 Å². The summed E-state index contributed by atoms with van der Waals surface area (Å²) in [4.78, 5) is 12.6. The molecule has 2 bridgehead atoms. The van der Waals surface area contributed by atoms with Gasteiger partial charge in [0.25, 0.3) is 0 Å². The largest absolute Gasteiger partial charge is 0.481 e. The second-order valence-corrected chi connectivity index (χ2v) is 15.6. The zero-order valence-electron chi connectivity index (χ0n) is 24.9. The molecule has 0 aromatic carbocycles. The van der Waals surface area contributed by atoms with Crippen molar-refractivity contribution in [3.8, 4) is 0 Å². The average molecular weight is 685 g/mol. The molecule has 13 atom stereocenters. The molecule has 1 spiro atoms. The molecule has 1 heterocycles. The minimum Gasteiger partial charge on any atom is -0.481 e. The van der Waals surface area contributed by atoms with Gasteiger partial charge in [-0.15, -0.1) is 0 Å². The lowest BCUT2D eigenvalue weighted by Crippen LogP contribution is -2.64. The highest BCUT2D eigenvalue weighted by Crippen LogP contribution is 2.70. The van der Waals surface area contributed by atoms with E-state index in [1.165, 1.54) is 0 Å². The van der Waals surface area contributed by atoms with E-state index in [1.54, 1.807) is 0 Å². The van der Waals surface area contributed by atoms with E-state index in [4.69, 9.17) is 15.2 Å². The van der Waals surface area contributed by atoms with Crippen molar-refractivity contribution >= 4 is 26.8 Å². The van der Waals surface area contributed by atoms with Crippen molar-refractivity contribution in [2.45, 2.75) is 94.8 Å². The normalized spacial score (nSPS) is 45.1. The number of ether oxygens (including phenoxy) is 2. The molecule has 0 amide bonds. The first-order valence-corrected chi connectivity index (χ1v) is 17.9. The number of nitrogens with one attached hydrogen (secondary N) is 1. The molecular weight excluding hydrogens is 640 g/mol. The third kappa shape index (κ3) is 6.71. The Bertz CT molecular complexity index is 1360. The summed E-state index contributed by atoms with van der Waals surface area (Å²) in [7, 11) is -10.5. The molecule has 0 aromatic rings. The minimum absolute atomic E-state index is 0.0314. The van der Waals surface area contributed by atoms with E-state index in [0.717, 1.165) is 24.8 Å². The molecular formula is C27H44N2O14S2. The zero-order chi connectivity index (χ0) is 33.1. The van der Waals surface area contributed by atoms with Gasteiger partial charge in [-0.2, -0.15) is 16.8 Å². The van der Waals surface area contributed by atoms with Crippen molar-refractivity contribution in [2.75, 3.05) is 19.6 Å². The van der Waals surface area contributed by atoms with E-state index in [-0.39, 0.29) is 43.8 Å². The van der Waals surface area contributed by atoms with Gasteiger partial charge in [0, 0.05) is 25.0 Å². The quantitative estimate of drug-likeness (QED) is 0.0633. The Balaban J connectivity index is 1.45. The number of hydrogen-bond acceptors (Lipinski definition) is 13. The van der Waals surface area contributed by atoms with Gasteiger partial charge < -0.3 is 35.8 Å². The molecule has 18 heteroatoms. The van der Waals surface area contributed by atoms with Crippen molar-refractivity contribution in [1.82, 2.24) is 5.32 Å². The van der Waals surface area contributed by atoms with E-state index >= 15 is 0 Å². The fraction of sp³-hybridized carbons (Fsp3) is 0.889. The summed E-state index contributed by atoms with van der Waals surface area (Å²) in [6.45, 7) is 6.34. The van der Waals surface area contributed by atoms with E-state index < -0.39 is 86.4 Å². The maximum absolute atomic E-state index is 12.6. The maximum atomic E-state index is 12.6. The van der Waals surface area contributed by atoms with Crippen LogP contribution in [-0.2, 0) is 43.4 Å². The van der Waals surface area contributed by atoms with Crippen LogP contribution in [0.4, 0.5) is 0 Å². The summed E-state index contributed by atoms with van der Waals surface area (Å²) in [6, 6.07) is 0. The number of aliphatic carboxylic acids is 1. The van der Waals surface area contributed by atoms with Crippen LogP contribution in [0.5, 0.6) is 0 Å². The molecule has 16 nitrogen and oxygen atoms in total. The summed E-state index contributed by atoms with van der Waals surface area (Å²) in [5.74, 6) is -1.86.